The van der Waals surface area contributed by atoms with Gasteiger partial charge in [-0.15, -0.1) is 12.4 Å². The van der Waals surface area contributed by atoms with Crippen molar-refractivity contribution in [2.75, 3.05) is 27.3 Å². The third kappa shape index (κ3) is 5.54. The smallest absolute Gasteiger partial charge is 0.240 e. The van der Waals surface area contributed by atoms with Gasteiger partial charge in [0.1, 0.15) is 11.5 Å². The Balaban J connectivity index is 0.00000361. The Hall–Kier alpha value is -1.02. The van der Waals surface area contributed by atoms with Gasteiger partial charge in [-0.25, -0.2) is 13.1 Å². The van der Waals surface area contributed by atoms with Gasteiger partial charge in [-0.05, 0) is 19.4 Å². The summed E-state index contributed by atoms with van der Waals surface area (Å²) >= 11 is 0. The Bertz CT molecular complexity index is 486. The van der Waals surface area contributed by atoms with Crippen LogP contribution in [-0.2, 0) is 10.0 Å². The zero-order valence-electron chi connectivity index (χ0n) is 11.6. The highest BCUT2D eigenvalue weighted by atomic mass is 35.5. The minimum atomic E-state index is -3.56. The largest absolute Gasteiger partial charge is 0.497 e. The van der Waals surface area contributed by atoms with Crippen LogP contribution in [0.3, 0.4) is 0 Å². The first kappa shape index (κ1) is 19.0. The molecule has 3 N–H and O–H groups in total. The maximum Gasteiger partial charge on any atom is 0.240 e. The highest BCUT2D eigenvalue weighted by Gasteiger charge is 2.16. The molecule has 0 aliphatic carbocycles. The van der Waals surface area contributed by atoms with Gasteiger partial charge in [0.05, 0.1) is 19.1 Å². The highest BCUT2D eigenvalue weighted by Crippen LogP contribution is 2.25. The maximum atomic E-state index is 12.1. The molecule has 0 aromatic heterocycles. The van der Waals surface area contributed by atoms with Crippen molar-refractivity contribution >= 4 is 22.4 Å². The van der Waals surface area contributed by atoms with E-state index >= 15 is 0 Å². The van der Waals surface area contributed by atoms with E-state index in [1.807, 2.05) is 0 Å². The summed E-state index contributed by atoms with van der Waals surface area (Å²) < 4.78 is 36.8. The molecule has 0 heterocycles. The van der Waals surface area contributed by atoms with Gasteiger partial charge in [-0.1, -0.05) is 0 Å². The minimum Gasteiger partial charge on any atom is -0.497 e. The lowest BCUT2D eigenvalue weighted by atomic mass is 10.3. The molecule has 6 nitrogen and oxygen atoms in total. The molecule has 1 aromatic rings. The summed E-state index contributed by atoms with van der Waals surface area (Å²) in [6.45, 7) is 0.910. The number of halogens is 1. The fourth-order valence-corrected chi connectivity index (χ4v) is 2.62. The summed E-state index contributed by atoms with van der Waals surface area (Å²) in [5.74, 6) is 0.864. The van der Waals surface area contributed by atoms with Gasteiger partial charge >= 0.3 is 0 Å². The minimum absolute atomic E-state index is 0. The lowest BCUT2D eigenvalue weighted by Crippen LogP contribution is -2.25. The van der Waals surface area contributed by atoms with Gasteiger partial charge in [0.2, 0.25) is 10.0 Å². The SMILES string of the molecule is COc1cc(OC)cc(S(=O)(=O)NCCCCN)c1.Cl. The molecule has 0 unspecified atom stereocenters. The molecule has 20 heavy (non-hydrogen) atoms. The number of benzene rings is 1. The molecule has 0 saturated heterocycles. The van der Waals surface area contributed by atoms with Crippen molar-refractivity contribution in [3.8, 4) is 11.5 Å². The zero-order valence-corrected chi connectivity index (χ0v) is 13.2. The van der Waals surface area contributed by atoms with Gasteiger partial charge in [0.15, 0.2) is 0 Å². The van der Waals surface area contributed by atoms with Crippen molar-refractivity contribution < 1.29 is 17.9 Å². The lowest BCUT2D eigenvalue weighted by Gasteiger charge is -2.10. The van der Waals surface area contributed by atoms with Crippen LogP contribution in [-0.4, -0.2) is 35.7 Å². The zero-order chi connectivity index (χ0) is 14.3. The first-order chi connectivity index (χ1) is 9.03. The molecule has 8 heteroatoms. The summed E-state index contributed by atoms with van der Waals surface area (Å²) in [7, 11) is -0.613. The molecular weight excluding hydrogens is 304 g/mol. The van der Waals surface area contributed by atoms with Crippen LogP contribution in [0.15, 0.2) is 23.1 Å². The Morgan fingerprint density at radius 2 is 1.65 bits per heavy atom. The normalized spacial score (nSPS) is 10.8. The van der Waals surface area contributed by atoms with E-state index < -0.39 is 10.0 Å². The summed E-state index contributed by atoms with van der Waals surface area (Å²) in [6, 6.07) is 4.52. The van der Waals surface area contributed by atoms with Crippen LogP contribution in [0.4, 0.5) is 0 Å². The molecule has 0 aliphatic heterocycles. The Kier molecular flexibility index (Phi) is 8.56. The van der Waals surface area contributed by atoms with Crippen LogP contribution in [0.5, 0.6) is 11.5 Å². The van der Waals surface area contributed by atoms with E-state index in [0.717, 1.165) is 6.42 Å². The van der Waals surface area contributed by atoms with Crippen LogP contribution < -0.4 is 19.9 Å². The number of sulfonamides is 1. The fraction of sp³-hybridized carbons (Fsp3) is 0.500. The predicted molar refractivity (Wildman–Crippen MR) is 80.3 cm³/mol. The van der Waals surface area contributed by atoms with Crippen LogP contribution >= 0.6 is 12.4 Å². The number of methoxy groups -OCH3 is 2. The number of ether oxygens (including phenoxy) is 2. The fourth-order valence-electron chi connectivity index (χ4n) is 1.50. The molecule has 0 saturated carbocycles. The van der Waals surface area contributed by atoms with Crippen molar-refractivity contribution in [3.05, 3.63) is 18.2 Å². The number of unbranched alkanes of at least 4 members (excludes halogenated alkanes) is 1. The summed E-state index contributed by atoms with van der Waals surface area (Å²) in [5.41, 5.74) is 5.35. The average Bonchev–Trinajstić information content (AvgIpc) is 2.43. The van der Waals surface area contributed by atoms with Gasteiger partial charge < -0.3 is 15.2 Å². The topological polar surface area (TPSA) is 90.6 Å². The van der Waals surface area contributed by atoms with Crippen molar-refractivity contribution in [1.82, 2.24) is 4.72 Å². The van der Waals surface area contributed by atoms with Gasteiger partial charge in [0, 0.05) is 24.7 Å². The molecular formula is C12H21ClN2O4S. The van der Waals surface area contributed by atoms with Crippen LogP contribution in [0.25, 0.3) is 0 Å². The first-order valence-corrected chi connectivity index (χ1v) is 7.44. The molecule has 0 spiro atoms. The third-order valence-electron chi connectivity index (χ3n) is 2.56. The van der Waals surface area contributed by atoms with Crippen LogP contribution in [0.1, 0.15) is 12.8 Å². The average molecular weight is 325 g/mol. The van der Waals surface area contributed by atoms with E-state index in [1.54, 1.807) is 6.07 Å². The number of hydrogen-bond acceptors (Lipinski definition) is 5. The summed E-state index contributed by atoms with van der Waals surface area (Å²) in [6.07, 6.45) is 1.49. The third-order valence-corrected chi connectivity index (χ3v) is 4.00. The second-order valence-corrected chi connectivity index (χ2v) is 5.71. The van der Waals surface area contributed by atoms with Gasteiger partial charge in [0.25, 0.3) is 0 Å². The molecule has 0 aliphatic rings. The van der Waals surface area contributed by atoms with Crippen LogP contribution in [0, 0.1) is 0 Å². The monoisotopic (exact) mass is 324 g/mol. The first-order valence-electron chi connectivity index (χ1n) is 5.96. The second kappa shape index (κ2) is 9.02. The molecule has 0 radical (unpaired) electrons. The van der Waals surface area contributed by atoms with E-state index in [9.17, 15) is 8.42 Å². The molecule has 1 aromatic carbocycles. The van der Waals surface area contributed by atoms with E-state index in [4.69, 9.17) is 15.2 Å². The number of nitrogens with one attached hydrogen (secondary N) is 1. The van der Waals surface area contributed by atoms with E-state index in [1.165, 1.54) is 26.4 Å². The standard InChI is InChI=1S/C12H20N2O4S.ClH/c1-17-10-7-11(18-2)9-12(8-10)19(15,16)14-6-4-3-5-13;/h7-9,14H,3-6,13H2,1-2H3;1H. The summed E-state index contributed by atoms with van der Waals surface area (Å²) in [5, 5.41) is 0. The molecule has 0 amide bonds. The lowest BCUT2D eigenvalue weighted by molar-refractivity contribution is 0.392. The molecule has 116 valence electrons. The number of hydrogen-bond donors (Lipinski definition) is 2. The van der Waals surface area contributed by atoms with Crippen molar-refractivity contribution in [2.45, 2.75) is 17.7 Å². The Morgan fingerprint density at radius 1 is 1.10 bits per heavy atom. The van der Waals surface area contributed by atoms with Crippen molar-refractivity contribution in [1.29, 1.82) is 0 Å². The summed E-state index contributed by atoms with van der Waals surface area (Å²) in [4.78, 5) is 0.122. The second-order valence-electron chi connectivity index (χ2n) is 3.94. The van der Waals surface area contributed by atoms with E-state index in [2.05, 4.69) is 4.72 Å². The highest BCUT2D eigenvalue weighted by molar-refractivity contribution is 7.89. The van der Waals surface area contributed by atoms with Crippen molar-refractivity contribution in [2.24, 2.45) is 5.73 Å². The number of rotatable bonds is 8. The van der Waals surface area contributed by atoms with Crippen molar-refractivity contribution in [3.63, 3.8) is 0 Å². The van der Waals surface area contributed by atoms with E-state index in [-0.39, 0.29) is 17.3 Å². The quantitative estimate of drug-likeness (QED) is 0.700. The Labute approximate surface area is 126 Å². The van der Waals surface area contributed by atoms with E-state index in [0.29, 0.717) is 31.0 Å². The molecule has 0 atom stereocenters. The molecule has 1 rings (SSSR count). The Morgan fingerprint density at radius 3 is 2.10 bits per heavy atom. The number of nitrogens with two attached hydrogens (primary N) is 1. The van der Waals surface area contributed by atoms with Gasteiger partial charge in [-0.2, -0.15) is 0 Å². The predicted octanol–water partition coefficient (Wildman–Crippen LogP) is 1.14. The molecule has 0 fully saturated rings. The van der Waals surface area contributed by atoms with Gasteiger partial charge in [-0.3, -0.25) is 0 Å². The maximum absolute atomic E-state index is 12.1. The molecule has 0 bridgehead atoms. The van der Waals surface area contributed by atoms with Crippen LogP contribution in [0.2, 0.25) is 0 Å².